The van der Waals surface area contributed by atoms with E-state index in [2.05, 4.69) is 31.3 Å². The number of thiophene rings is 1. The molecule has 1 aliphatic rings. The molecule has 1 N–H and O–H groups in total. The molecule has 0 bridgehead atoms. The van der Waals surface area contributed by atoms with Gasteiger partial charge in [0, 0.05) is 4.88 Å². The maximum Gasteiger partial charge on any atom is 0.150 e. The molecule has 0 aliphatic carbocycles. The van der Waals surface area contributed by atoms with Crippen molar-refractivity contribution in [3.05, 3.63) is 44.6 Å². The molecule has 1 aromatic carbocycles. The van der Waals surface area contributed by atoms with Gasteiger partial charge in [-0.15, -0.1) is 11.3 Å². The molecule has 1 aromatic heterocycles. The number of halogens is 1. The van der Waals surface area contributed by atoms with Gasteiger partial charge in [-0.05, 0) is 43.2 Å². The van der Waals surface area contributed by atoms with Crippen LogP contribution in [0.1, 0.15) is 22.1 Å². The van der Waals surface area contributed by atoms with E-state index in [-0.39, 0.29) is 6.10 Å². The van der Waals surface area contributed by atoms with Crippen molar-refractivity contribution in [1.29, 1.82) is 0 Å². The maximum absolute atomic E-state index is 6.11. The normalized spacial score (nSPS) is 17.8. The minimum Gasteiger partial charge on any atom is -0.481 e. The highest BCUT2D eigenvalue weighted by atomic mass is 35.5. The Labute approximate surface area is 116 Å². The van der Waals surface area contributed by atoms with E-state index >= 15 is 0 Å². The van der Waals surface area contributed by atoms with Crippen LogP contribution in [0.25, 0.3) is 0 Å². The molecular weight excluding hydrogens is 266 g/mol. The minimum atomic E-state index is 0.0522. The lowest BCUT2D eigenvalue weighted by Gasteiger charge is -2.28. The largest absolute Gasteiger partial charge is 0.481 e. The van der Waals surface area contributed by atoms with Crippen molar-refractivity contribution in [1.82, 2.24) is 0 Å². The van der Waals surface area contributed by atoms with Gasteiger partial charge in [-0.1, -0.05) is 17.7 Å². The van der Waals surface area contributed by atoms with E-state index in [1.54, 1.807) is 11.3 Å². The molecule has 2 aromatic rings. The summed E-state index contributed by atoms with van der Waals surface area (Å²) in [6.45, 7) is 4.96. The van der Waals surface area contributed by atoms with Crippen LogP contribution >= 0.6 is 22.9 Å². The quantitative estimate of drug-likeness (QED) is 0.826. The molecule has 0 spiro atoms. The molecule has 0 radical (unpaired) electrons. The van der Waals surface area contributed by atoms with Gasteiger partial charge < -0.3 is 10.1 Å². The van der Waals surface area contributed by atoms with Crippen LogP contribution < -0.4 is 10.1 Å². The monoisotopic (exact) mass is 279 g/mol. The Hall–Kier alpha value is -1.19. The van der Waals surface area contributed by atoms with Crippen LogP contribution in [0.5, 0.6) is 5.75 Å². The molecule has 2 nitrogen and oxygen atoms in total. The summed E-state index contributed by atoms with van der Waals surface area (Å²) in [6, 6.07) is 8.22. The van der Waals surface area contributed by atoms with E-state index in [1.165, 1.54) is 11.1 Å². The van der Waals surface area contributed by atoms with Crippen LogP contribution in [0.3, 0.4) is 0 Å². The Bertz CT molecular complexity index is 593. The molecule has 3 rings (SSSR count). The summed E-state index contributed by atoms with van der Waals surface area (Å²) in [5.41, 5.74) is 3.51. The average Bonchev–Trinajstić information content (AvgIpc) is 2.75. The highest BCUT2D eigenvalue weighted by Crippen LogP contribution is 2.39. The van der Waals surface area contributed by atoms with Gasteiger partial charge in [0.1, 0.15) is 5.75 Å². The third kappa shape index (κ3) is 2.08. The fourth-order valence-electron chi connectivity index (χ4n) is 2.29. The van der Waals surface area contributed by atoms with E-state index in [9.17, 15) is 0 Å². The van der Waals surface area contributed by atoms with Gasteiger partial charge in [0.05, 0.1) is 16.6 Å². The Morgan fingerprint density at radius 3 is 2.89 bits per heavy atom. The van der Waals surface area contributed by atoms with Crippen molar-refractivity contribution in [3.8, 4) is 5.75 Å². The number of anilines is 1. The van der Waals surface area contributed by atoms with E-state index in [4.69, 9.17) is 16.3 Å². The second-order valence-corrected chi connectivity index (χ2v) is 6.33. The van der Waals surface area contributed by atoms with Gasteiger partial charge >= 0.3 is 0 Å². The molecule has 94 valence electrons. The molecule has 18 heavy (non-hydrogen) atoms. The fourth-order valence-corrected chi connectivity index (χ4v) is 3.38. The van der Waals surface area contributed by atoms with E-state index in [0.29, 0.717) is 0 Å². The molecule has 2 heterocycles. The second-order valence-electron chi connectivity index (χ2n) is 4.59. The number of fused-ring (bicyclic) bond motifs is 1. The molecule has 0 fully saturated rings. The van der Waals surface area contributed by atoms with Crippen molar-refractivity contribution in [2.75, 3.05) is 11.9 Å². The zero-order valence-corrected chi connectivity index (χ0v) is 11.9. The predicted molar refractivity (Wildman–Crippen MR) is 77.1 cm³/mol. The van der Waals surface area contributed by atoms with Crippen molar-refractivity contribution in [2.24, 2.45) is 0 Å². The summed E-state index contributed by atoms with van der Waals surface area (Å²) in [7, 11) is 0. The first-order valence-corrected chi connectivity index (χ1v) is 7.10. The molecule has 1 unspecified atom stereocenters. The SMILES string of the molecule is Cc1cc(C)c2c(c1)NCC(c1ccc(Cl)s1)O2. The molecule has 4 heteroatoms. The van der Waals surface area contributed by atoms with Crippen molar-refractivity contribution < 1.29 is 4.74 Å². The number of benzene rings is 1. The number of hydrogen-bond acceptors (Lipinski definition) is 3. The Morgan fingerprint density at radius 1 is 1.33 bits per heavy atom. The smallest absolute Gasteiger partial charge is 0.150 e. The summed E-state index contributed by atoms with van der Waals surface area (Å²) < 4.78 is 6.91. The molecule has 0 saturated heterocycles. The number of nitrogens with one attached hydrogen (secondary N) is 1. The van der Waals surface area contributed by atoms with E-state index in [0.717, 1.165) is 27.2 Å². The third-order valence-electron chi connectivity index (χ3n) is 3.07. The zero-order valence-electron chi connectivity index (χ0n) is 10.3. The zero-order chi connectivity index (χ0) is 12.7. The summed E-state index contributed by atoms with van der Waals surface area (Å²) in [4.78, 5) is 1.16. The minimum absolute atomic E-state index is 0.0522. The Morgan fingerprint density at radius 2 is 2.17 bits per heavy atom. The van der Waals surface area contributed by atoms with Crippen LogP contribution in [-0.2, 0) is 0 Å². The lowest BCUT2D eigenvalue weighted by Crippen LogP contribution is -2.23. The van der Waals surface area contributed by atoms with E-state index in [1.807, 2.05) is 12.1 Å². The number of aryl methyl sites for hydroxylation is 2. The van der Waals surface area contributed by atoms with Crippen LogP contribution in [0, 0.1) is 13.8 Å². The van der Waals surface area contributed by atoms with Gasteiger partial charge in [-0.2, -0.15) is 0 Å². The highest BCUT2D eigenvalue weighted by Gasteiger charge is 2.23. The van der Waals surface area contributed by atoms with E-state index < -0.39 is 0 Å². The summed E-state index contributed by atoms with van der Waals surface area (Å²) in [5, 5.41) is 3.44. The first-order chi connectivity index (χ1) is 8.63. The first kappa shape index (κ1) is 11.9. The summed E-state index contributed by atoms with van der Waals surface area (Å²) in [5.74, 6) is 0.960. The van der Waals surface area contributed by atoms with Gasteiger partial charge in [0.25, 0.3) is 0 Å². The predicted octanol–water partition coefficient (Wildman–Crippen LogP) is 4.56. The fraction of sp³-hybridized carbons (Fsp3) is 0.286. The summed E-state index contributed by atoms with van der Waals surface area (Å²) in [6.07, 6.45) is 0.0522. The molecular formula is C14H14ClNOS. The van der Waals surface area contributed by atoms with Crippen molar-refractivity contribution in [2.45, 2.75) is 20.0 Å². The molecule has 0 amide bonds. The van der Waals surface area contributed by atoms with Gasteiger partial charge in [-0.3, -0.25) is 0 Å². The number of hydrogen-bond donors (Lipinski definition) is 1. The lowest BCUT2D eigenvalue weighted by molar-refractivity contribution is 0.212. The molecule has 0 saturated carbocycles. The topological polar surface area (TPSA) is 21.3 Å². The molecule has 1 aliphatic heterocycles. The Kier molecular flexibility index (Phi) is 2.96. The van der Waals surface area contributed by atoms with Crippen LogP contribution in [-0.4, -0.2) is 6.54 Å². The summed E-state index contributed by atoms with van der Waals surface area (Å²) >= 11 is 7.55. The molecule has 1 atom stereocenters. The number of rotatable bonds is 1. The van der Waals surface area contributed by atoms with Crippen LogP contribution in [0.15, 0.2) is 24.3 Å². The van der Waals surface area contributed by atoms with Crippen LogP contribution in [0.4, 0.5) is 5.69 Å². The van der Waals surface area contributed by atoms with Gasteiger partial charge in [0.2, 0.25) is 0 Å². The van der Waals surface area contributed by atoms with Crippen LogP contribution in [0.2, 0.25) is 4.34 Å². The first-order valence-electron chi connectivity index (χ1n) is 5.90. The average molecular weight is 280 g/mol. The van der Waals surface area contributed by atoms with Gasteiger partial charge in [0.15, 0.2) is 6.10 Å². The van der Waals surface area contributed by atoms with Crippen molar-refractivity contribution >= 4 is 28.6 Å². The third-order valence-corrected chi connectivity index (χ3v) is 4.39. The number of ether oxygens (including phenoxy) is 1. The highest BCUT2D eigenvalue weighted by molar-refractivity contribution is 7.16. The van der Waals surface area contributed by atoms with Gasteiger partial charge in [-0.25, -0.2) is 0 Å². The lowest BCUT2D eigenvalue weighted by atomic mass is 10.1. The standard InChI is InChI=1S/C14H14ClNOS/c1-8-5-9(2)14-10(6-8)16-7-11(17-14)12-3-4-13(15)18-12/h3-6,11,16H,7H2,1-2H3. The Balaban J connectivity index is 1.93. The second kappa shape index (κ2) is 4.48. The van der Waals surface area contributed by atoms with Crippen molar-refractivity contribution in [3.63, 3.8) is 0 Å². The maximum atomic E-state index is 6.11.